The number of azide groups is 1. The number of nitrogens with zero attached hydrogens (tertiary/aromatic N) is 4. The van der Waals surface area contributed by atoms with Crippen molar-refractivity contribution in [2.24, 2.45) is 5.11 Å². The van der Waals surface area contributed by atoms with Crippen LogP contribution < -0.4 is 0 Å². The standard InChI is InChI=1S/C15H20N4O4/c1-21-7-8-22-14-10-19(9-13(14)17-18-16)15(20)23-11-12-5-3-2-4-6-12/h2-6,13-14H,7-11H2,1H3/t13-,14-/m0/s1. The van der Waals surface area contributed by atoms with Crippen LogP contribution >= 0.6 is 0 Å². The molecule has 1 aromatic carbocycles. The van der Waals surface area contributed by atoms with Crippen molar-refractivity contribution in [2.75, 3.05) is 33.4 Å². The lowest BCUT2D eigenvalue weighted by atomic mass is 10.2. The first-order valence-corrected chi connectivity index (χ1v) is 7.35. The Kier molecular flexibility index (Phi) is 6.68. The molecule has 0 bridgehead atoms. The lowest BCUT2D eigenvalue weighted by Gasteiger charge is -2.16. The number of carbonyl (C=O) groups excluding carboxylic acids is 1. The summed E-state index contributed by atoms with van der Waals surface area (Å²) in [6.45, 7) is 1.65. The minimum atomic E-state index is -0.440. The van der Waals surface area contributed by atoms with E-state index in [-0.39, 0.29) is 19.3 Å². The zero-order valence-corrected chi connectivity index (χ0v) is 13.0. The van der Waals surface area contributed by atoms with E-state index in [0.29, 0.717) is 19.8 Å². The van der Waals surface area contributed by atoms with E-state index in [0.717, 1.165) is 5.56 Å². The summed E-state index contributed by atoms with van der Waals surface area (Å²) >= 11 is 0. The van der Waals surface area contributed by atoms with Gasteiger partial charge in [0.1, 0.15) is 6.61 Å². The highest BCUT2D eigenvalue weighted by Crippen LogP contribution is 2.18. The summed E-state index contributed by atoms with van der Waals surface area (Å²) in [7, 11) is 1.58. The number of likely N-dealkylation sites (tertiary alicyclic amines) is 1. The summed E-state index contributed by atoms with van der Waals surface area (Å²) in [5, 5.41) is 3.70. The Morgan fingerprint density at radius 2 is 2.13 bits per heavy atom. The molecule has 0 unspecified atom stereocenters. The van der Waals surface area contributed by atoms with Crippen LogP contribution in [0.15, 0.2) is 35.4 Å². The largest absolute Gasteiger partial charge is 0.445 e. The SMILES string of the molecule is COCCO[C@H]1CN(C(=O)OCc2ccccc2)C[C@@H]1N=[N+]=[N-]. The van der Waals surface area contributed by atoms with Crippen LogP contribution in [0, 0.1) is 0 Å². The molecule has 0 N–H and O–H groups in total. The van der Waals surface area contributed by atoms with Gasteiger partial charge in [0.25, 0.3) is 0 Å². The molecule has 2 rings (SSSR count). The number of benzene rings is 1. The van der Waals surface area contributed by atoms with Gasteiger partial charge in [-0.25, -0.2) is 4.79 Å². The zero-order valence-electron chi connectivity index (χ0n) is 13.0. The van der Waals surface area contributed by atoms with Crippen molar-refractivity contribution < 1.29 is 19.0 Å². The van der Waals surface area contributed by atoms with Crippen molar-refractivity contribution in [3.63, 3.8) is 0 Å². The van der Waals surface area contributed by atoms with Gasteiger partial charge in [-0.3, -0.25) is 0 Å². The third-order valence-electron chi connectivity index (χ3n) is 3.52. The summed E-state index contributed by atoms with van der Waals surface area (Å²) in [5.41, 5.74) is 9.55. The molecule has 8 heteroatoms. The minimum absolute atomic E-state index is 0.206. The molecular weight excluding hydrogens is 300 g/mol. The number of ether oxygens (including phenoxy) is 3. The van der Waals surface area contributed by atoms with Gasteiger partial charge in [0, 0.05) is 18.6 Å². The Labute approximate surface area is 134 Å². The molecule has 1 aromatic rings. The molecule has 1 saturated heterocycles. The first-order chi connectivity index (χ1) is 11.2. The van der Waals surface area contributed by atoms with Gasteiger partial charge in [0.15, 0.2) is 0 Å². The average molecular weight is 320 g/mol. The molecule has 0 aromatic heterocycles. The molecule has 124 valence electrons. The Balaban J connectivity index is 1.86. The van der Waals surface area contributed by atoms with Crippen molar-refractivity contribution in [3.05, 3.63) is 46.3 Å². The normalized spacial score (nSPS) is 20.1. The molecule has 23 heavy (non-hydrogen) atoms. The number of amides is 1. The van der Waals surface area contributed by atoms with E-state index in [1.807, 2.05) is 30.3 Å². The Bertz CT molecular complexity index is 548. The summed E-state index contributed by atoms with van der Waals surface area (Å²) in [6, 6.07) is 9.03. The van der Waals surface area contributed by atoms with Crippen molar-refractivity contribution >= 4 is 6.09 Å². The van der Waals surface area contributed by atoms with E-state index < -0.39 is 12.1 Å². The molecule has 1 aliphatic heterocycles. The van der Waals surface area contributed by atoms with Crippen LogP contribution in [0.25, 0.3) is 10.4 Å². The van der Waals surface area contributed by atoms with Crippen LogP contribution in [-0.4, -0.2) is 56.6 Å². The fourth-order valence-corrected chi connectivity index (χ4v) is 2.34. The number of hydrogen-bond donors (Lipinski definition) is 0. The molecule has 0 radical (unpaired) electrons. The number of methoxy groups -OCH3 is 1. The lowest BCUT2D eigenvalue weighted by molar-refractivity contribution is 0.0156. The van der Waals surface area contributed by atoms with E-state index in [2.05, 4.69) is 10.0 Å². The maximum absolute atomic E-state index is 12.1. The zero-order chi connectivity index (χ0) is 16.5. The highest BCUT2D eigenvalue weighted by atomic mass is 16.6. The van der Waals surface area contributed by atoms with Crippen LogP contribution in [0.1, 0.15) is 5.56 Å². The van der Waals surface area contributed by atoms with Crippen molar-refractivity contribution in [3.8, 4) is 0 Å². The third kappa shape index (κ3) is 5.14. The average Bonchev–Trinajstić information content (AvgIpc) is 2.97. The van der Waals surface area contributed by atoms with Gasteiger partial charge >= 0.3 is 6.09 Å². The quantitative estimate of drug-likeness (QED) is 0.333. The van der Waals surface area contributed by atoms with Crippen LogP contribution in [-0.2, 0) is 20.8 Å². The van der Waals surface area contributed by atoms with Gasteiger partial charge in [-0.1, -0.05) is 35.4 Å². The minimum Gasteiger partial charge on any atom is -0.445 e. The molecule has 0 saturated carbocycles. The molecule has 1 heterocycles. The molecule has 1 aliphatic rings. The van der Waals surface area contributed by atoms with Crippen molar-refractivity contribution in [2.45, 2.75) is 18.8 Å². The lowest BCUT2D eigenvalue weighted by Crippen LogP contribution is -2.30. The fourth-order valence-electron chi connectivity index (χ4n) is 2.34. The molecule has 1 amide bonds. The van der Waals surface area contributed by atoms with Gasteiger partial charge in [-0.2, -0.15) is 0 Å². The first-order valence-electron chi connectivity index (χ1n) is 7.35. The maximum Gasteiger partial charge on any atom is 0.410 e. The van der Waals surface area contributed by atoms with Crippen molar-refractivity contribution in [1.82, 2.24) is 4.90 Å². The highest BCUT2D eigenvalue weighted by Gasteiger charge is 2.36. The van der Waals surface area contributed by atoms with E-state index in [9.17, 15) is 4.79 Å². The molecular formula is C15H20N4O4. The monoisotopic (exact) mass is 320 g/mol. The Hall–Kier alpha value is -2.28. The van der Waals surface area contributed by atoms with Gasteiger partial charge in [0.05, 0.1) is 31.9 Å². The summed E-state index contributed by atoms with van der Waals surface area (Å²) in [4.78, 5) is 16.5. The second kappa shape index (κ2) is 8.99. The first kappa shape index (κ1) is 17.1. The van der Waals surface area contributed by atoms with Gasteiger partial charge in [-0.15, -0.1) is 0 Å². The van der Waals surface area contributed by atoms with Crippen LogP contribution in [0.3, 0.4) is 0 Å². The fraction of sp³-hybridized carbons (Fsp3) is 0.533. The topological polar surface area (TPSA) is 96.8 Å². The van der Waals surface area contributed by atoms with Gasteiger partial charge < -0.3 is 19.1 Å². The Morgan fingerprint density at radius 1 is 1.35 bits per heavy atom. The van der Waals surface area contributed by atoms with Crippen LogP contribution in [0.4, 0.5) is 4.79 Å². The smallest absolute Gasteiger partial charge is 0.410 e. The van der Waals surface area contributed by atoms with E-state index in [1.54, 1.807) is 7.11 Å². The molecule has 8 nitrogen and oxygen atoms in total. The third-order valence-corrected chi connectivity index (χ3v) is 3.52. The molecule has 2 atom stereocenters. The number of carbonyl (C=O) groups is 1. The summed E-state index contributed by atoms with van der Waals surface area (Å²) in [5.74, 6) is 0. The summed E-state index contributed by atoms with van der Waals surface area (Å²) < 4.78 is 15.8. The van der Waals surface area contributed by atoms with Gasteiger partial charge in [-0.05, 0) is 11.1 Å². The molecule has 1 fully saturated rings. The second-order valence-corrected chi connectivity index (χ2v) is 5.12. The number of hydrogen-bond acceptors (Lipinski definition) is 5. The van der Waals surface area contributed by atoms with Gasteiger partial charge in [0.2, 0.25) is 0 Å². The van der Waals surface area contributed by atoms with E-state index in [4.69, 9.17) is 19.7 Å². The number of rotatable bonds is 7. The van der Waals surface area contributed by atoms with Crippen molar-refractivity contribution in [1.29, 1.82) is 0 Å². The predicted octanol–water partition coefficient (Wildman–Crippen LogP) is 2.35. The summed E-state index contributed by atoms with van der Waals surface area (Å²) in [6.07, 6.45) is -0.782. The maximum atomic E-state index is 12.1. The van der Waals surface area contributed by atoms with E-state index >= 15 is 0 Å². The molecule has 0 spiro atoms. The highest BCUT2D eigenvalue weighted by molar-refractivity contribution is 5.68. The van der Waals surface area contributed by atoms with Crippen LogP contribution in [0.5, 0.6) is 0 Å². The Morgan fingerprint density at radius 3 is 2.83 bits per heavy atom. The van der Waals surface area contributed by atoms with Crippen LogP contribution in [0.2, 0.25) is 0 Å². The second-order valence-electron chi connectivity index (χ2n) is 5.12. The molecule has 0 aliphatic carbocycles. The van der Waals surface area contributed by atoms with E-state index in [1.165, 1.54) is 4.90 Å². The predicted molar refractivity (Wildman–Crippen MR) is 82.8 cm³/mol.